The summed E-state index contributed by atoms with van der Waals surface area (Å²) in [4.78, 5) is 21.3. The molecule has 146 valence electrons. The quantitative estimate of drug-likeness (QED) is 0.623. The van der Waals surface area contributed by atoms with Crippen LogP contribution in [0.15, 0.2) is 29.3 Å². The van der Waals surface area contributed by atoms with Gasteiger partial charge in [-0.1, -0.05) is 23.7 Å². The maximum Gasteiger partial charge on any atom is 0.227 e. The molecule has 0 unspecified atom stereocenters. The first-order valence-corrected chi connectivity index (χ1v) is 10.5. The molecule has 27 heavy (non-hydrogen) atoms. The maximum atomic E-state index is 12.6. The third-order valence-corrected chi connectivity index (χ3v) is 6.56. The first-order chi connectivity index (χ1) is 13.1. The van der Waals surface area contributed by atoms with Crippen molar-refractivity contribution in [2.75, 3.05) is 39.8 Å². The van der Waals surface area contributed by atoms with Crippen LogP contribution >= 0.6 is 11.6 Å². The molecular formula is C21H29ClN4O. The summed E-state index contributed by atoms with van der Waals surface area (Å²) < 4.78 is 0. The van der Waals surface area contributed by atoms with Crippen molar-refractivity contribution in [3.63, 3.8) is 0 Å². The zero-order chi connectivity index (χ0) is 18.9. The highest BCUT2D eigenvalue weighted by molar-refractivity contribution is 6.30. The Morgan fingerprint density at radius 1 is 1.22 bits per heavy atom. The summed E-state index contributed by atoms with van der Waals surface area (Å²) in [6.07, 6.45) is 5.97. The van der Waals surface area contributed by atoms with Crippen molar-refractivity contribution in [2.24, 2.45) is 16.3 Å². The van der Waals surface area contributed by atoms with Crippen molar-refractivity contribution < 1.29 is 4.79 Å². The van der Waals surface area contributed by atoms with E-state index in [4.69, 9.17) is 11.6 Å². The first-order valence-electron chi connectivity index (χ1n) is 10.1. The lowest BCUT2D eigenvalue weighted by Crippen LogP contribution is -2.54. The number of aliphatic imine (C=N–C) groups is 1. The van der Waals surface area contributed by atoms with Gasteiger partial charge in [-0.25, -0.2) is 0 Å². The normalized spacial score (nSPS) is 21.9. The number of piperazine rings is 1. The van der Waals surface area contributed by atoms with Crippen molar-refractivity contribution in [1.29, 1.82) is 0 Å². The number of carbonyl (C=O) groups is 1. The largest absolute Gasteiger partial charge is 0.356 e. The minimum absolute atomic E-state index is 0.172. The molecule has 0 radical (unpaired) electrons. The number of nitrogens with one attached hydrogen (secondary N) is 1. The summed E-state index contributed by atoms with van der Waals surface area (Å²) >= 11 is 6.02. The van der Waals surface area contributed by atoms with Gasteiger partial charge in [0.1, 0.15) is 0 Å². The van der Waals surface area contributed by atoms with Crippen molar-refractivity contribution >= 4 is 23.5 Å². The fourth-order valence-corrected chi connectivity index (χ4v) is 4.49. The van der Waals surface area contributed by atoms with E-state index in [2.05, 4.69) is 15.2 Å². The van der Waals surface area contributed by atoms with E-state index in [1.54, 1.807) is 0 Å². The second kappa shape index (κ2) is 7.70. The molecule has 1 aromatic carbocycles. The molecule has 3 fully saturated rings. The molecule has 5 nitrogen and oxygen atoms in total. The van der Waals surface area contributed by atoms with Gasteiger partial charge < -0.3 is 15.1 Å². The molecule has 0 aromatic heterocycles. The number of benzene rings is 1. The average molecular weight is 389 g/mol. The van der Waals surface area contributed by atoms with Gasteiger partial charge in [0.2, 0.25) is 5.91 Å². The Balaban J connectivity index is 1.25. The summed E-state index contributed by atoms with van der Waals surface area (Å²) in [7, 11) is 1.86. The summed E-state index contributed by atoms with van der Waals surface area (Å²) in [6, 6.07) is 7.56. The van der Waals surface area contributed by atoms with Gasteiger partial charge in [-0.05, 0) is 54.7 Å². The molecule has 1 saturated heterocycles. The molecule has 0 bridgehead atoms. The molecule has 2 aliphatic carbocycles. The van der Waals surface area contributed by atoms with Crippen LogP contribution in [0.4, 0.5) is 0 Å². The fourth-order valence-electron chi connectivity index (χ4n) is 4.27. The number of guanidine groups is 1. The fraction of sp³-hybridized carbons (Fsp3) is 0.619. The molecular weight excluding hydrogens is 360 g/mol. The highest BCUT2D eigenvalue weighted by Gasteiger charge is 2.53. The van der Waals surface area contributed by atoms with Gasteiger partial charge in [-0.2, -0.15) is 0 Å². The van der Waals surface area contributed by atoms with Gasteiger partial charge in [0.05, 0.1) is 6.42 Å². The van der Waals surface area contributed by atoms with Crippen LogP contribution in [0.5, 0.6) is 0 Å². The third kappa shape index (κ3) is 4.40. The predicted molar refractivity (Wildman–Crippen MR) is 109 cm³/mol. The molecule has 6 heteroatoms. The van der Waals surface area contributed by atoms with E-state index in [1.165, 1.54) is 25.7 Å². The lowest BCUT2D eigenvalue weighted by Gasteiger charge is -2.37. The van der Waals surface area contributed by atoms with E-state index in [9.17, 15) is 4.79 Å². The van der Waals surface area contributed by atoms with Crippen LogP contribution in [-0.2, 0) is 11.2 Å². The molecule has 1 N–H and O–H groups in total. The Morgan fingerprint density at radius 3 is 2.52 bits per heavy atom. The number of hydrogen-bond donors (Lipinski definition) is 1. The molecule has 0 atom stereocenters. The molecule has 4 rings (SSSR count). The van der Waals surface area contributed by atoms with E-state index in [0.29, 0.717) is 16.9 Å². The zero-order valence-electron chi connectivity index (χ0n) is 16.1. The predicted octanol–water partition coefficient (Wildman–Crippen LogP) is 2.79. The Labute approximate surface area is 166 Å². The second-order valence-corrected chi connectivity index (χ2v) is 8.65. The Hall–Kier alpha value is -1.75. The molecule has 2 saturated carbocycles. The Bertz CT molecular complexity index is 719. The average Bonchev–Trinajstić information content (AvgIpc) is 3.56. The Morgan fingerprint density at radius 2 is 1.93 bits per heavy atom. The van der Waals surface area contributed by atoms with E-state index < -0.39 is 0 Å². The number of hydrogen-bond acceptors (Lipinski definition) is 2. The number of rotatable bonds is 5. The summed E-state index contributed by atoms with van der Waals surface area (Å²) in [6.45, 7) is 4.20. The van der Waals surface area contributed by atoms with E-state index in [0.717, 1.165) is 50.2 Å². The molecule has 1 amide bonds. The van der Waals surface area contributed by atoms with Crippen molar-refractivity contribution in [3.8, 4) is 0 Å². The number of carbonyl (C=O) groups excluding carboxylic acids is 1. The summed E-state index contributed by atoms with van der Waals surface area (Å²) in [5.41, 5.74) is 1.53. The number of nitrogens with zero attached hydrogens (tertiary/aromatic N) is 3. The van der Waals surface area contributed by atoms with Crippen LogP contribution in [0, 0.1) is 11.3 Å². The third-order valence-electron chi connectivity index (χ3n) is 6.32. The van der Waals surface area contributed by atoms with Crippen LogP contribution < -0.4 is 5.32 Å². The van der Waals surface area contributed by atoms with Gasteiger partial charge in [-0.3, -0.25) is 9.79 Å². The van der Waals surface area contributed by atoms with Crippen LogP contribution in [0.1, 0.15) is 31.2 Å². The SMILES string of the molecule is CN=C(NCC1(C2CC2)CC1)N1CCN(C(=O)Cc2cccc(Cl)c2)CC1. The van der Waals surface area contributed by atoms with Crippen LogP contribution in [0.2, 0.25) is 5.02 Å². The topological polar surface area (TPSA) is 47.9 Å². The van der Waals surface area contributed by atoms with Crippen LogP contribution in [0.3, 0.4) is 0 Å². The zero-order valence-corrected chi connectivity index (χ0v) is 16.8. The van der Waals surface area contributed by atoms with Crippen LogP contribution in [0.25, 0.3) is 0 Å². The highest BCUT2D eigenvalue weighted by Crippen LogP contribution is 2.60. The lowest BCUT2D eigenvalue weighted by atomic mass is 10.0. The standard InChI is InChI=1S/C21H29ClN4O/c1-23-20(24-15-21(7-8-21)17-5-6-17)26-11-9-25(10-12-26)19(27)14-16-3-2-4-18(22)13-16/h2-4,13,17H,5-12,14-15H2,1H3,(H,23,24). The summed E-state index contributed by atoms with van der Waals surface area (Å²) in [5.74, 6) is 2.11. The van der Waals surface area contributed by atoms with E-state index in [1.807, 2.05) is 36.2 Å². The second-order valence-electron chi connectivity index (χ2n) is 8.21. The van der Waals surface area contributed by atoms with Gasteiger partial charge in [-0.15, -0.1) is 0 Å². The van der Waals surface area contributed by atoms with Gasteiger partial charge in [0.25, 0.3) is 0 Å². The Kier molecular flexibility index (Phi) is 5.31. The monoisotopic (exact) mass is 388 g/mol. The van der Waals surface area contributed by atoms with E-state index >= 15 is 0 Å². The minimum Gasteiger partial charge on any atom is -0.356 e. The van der Waals surface area contributed by atoms with E-state index in [-0.39, 0.29) is 5.91 Å². The first kappa shape index (κ1) is 18.6. The summed E-state index contributed by atoms with van der Waals surface area (Å²) in [5, 5.41) is 4.29. The number of halogens is 1. The van der Waals surface area contributed by atoms with Crippen molar-refractivity contribution in [2.45, 2.75) is 32.1 Å². The van der Waals surface area contributed by atoms with Gasteiger partial charge in [0.15, 0.2) is 5.96 Å². The molecule has 1 aromatic rings. The van der Waals surface area contributed by atoms with Gasteiger partial charge >= 0.3 is 0 Å². The number of amides is 1. The minimum atomic E-state index is 0.172. The molecule has 3 aliphatic rings. The molecule has 0 spiro atoms. The van der Waals surface area contributed by atoms with Crippen molar-refractivity contribution in [3.05, 3.63) is 34.9 Å². The maximum absolute atomic E-state index is 12.6. The lowest BCUT2D eigenvalue weighted by molar-refractivity contribution is -0.131. The van der Waals surface area contributed by atoms with Gasteiger partial charge in [0, 0.05) is 44.8 Å². The molecule has 1 aliphatic heterocycles. The smallest absolute Gasteiger partial charge is 0.227 e. The van der Waals surface area contributed by atoms with Crippen molar-refractivity contribution in [1.82, 2.24) is 15.1 Å². The van der Waals surface area contributed by atoms with Crippen LogP contribution in [-0.4, -0.2) is 61.4 Å². The highest BCUT2D eigenvalue weighted by atomic mass is 35.5. The molecule has 1 heterocycles.